The van der Waals surface area contributed by atoms with Gasteiger partial charge in [0.2, 0.25) is 0 Å². The molecular formula is C16H27NO. The summed E-state index contributed by atoms with van der Waals surface area (Å²) in [4.78, 5) is 2.39. The highest BCUT2D eigenvalue weighted by Gasteiger charge is 2.17. The minimum atomic E-state index is 0.192. The zero-order chi connectivity index (χ0) is 13.4. The Labute approximate surface area is 112 Å². The van der Waals surface area contributed by atoms with Gasteiger partial charge in [-0.2, -0.15) is 0 Å². The van der Waals surface area contributed by atoms with Gasteiger partial charge in [-0.05, 0) is 52.7 Å². The second-order valence-corrected chi connectivity index (χ2v) is 5.29. The van der Waals surface area contributed by atoms with Crippen molar-refractivity contribution in [1.29, 1.82) is 0 Å². The Balaban J connectivity index is 2.22. The Kier molecular flexibility index (Phi) is 6.99. The number of nitrogens with zero attached hydrogens (tertiary/aromatic N) is 1. The van der Waals surface area contributed by atoms with Gasteiger partial charge in [0.25, 0.3) is 0 Å². The standard InChI is InChI=1S/C16H27NO/c1-5-6-14(2)7-8-15(3)18-13-16-9-11-17(4)12-10-16/h5-8,15-16H,1,9-13H2,2-4H3/b8-7-,14-6-. The summed E-state index contributed by atoms with van der Waals surface area (Å²) in [5, 5.41) is 0. The third-order valence-corrected chi connectivity index (χ3v) is 3.44. The first-order valence-corrected chi connectivity index (χ1v) is 6.89. The van der Waals surface area contributed by atoms with Crippen molar-refractivity contribution in [3.05, 3.63) is 36.5 Å². The van der Waals surface area contributed by atoms with E-state index in [-0.39, 0.29) is 6.10 Å². The third-order valence-electron chi connectivity index (χ3n) is 3.44. The fraction of sp³-hybridized carbons (Fsp3) is 0.625. The number of allylic oxidation sites excluding steroid dienone is 4. The molecular weight excluding hydrogens is 222 g/mol. The van der Waals surface area contributed by atoms with Crippen LogP contribution in [0.4, 0.5) is 0 Å². The summed E-state index contributed by atoms with van der Waals surface area (Å²) in [6.45, 7) is 11.2. The average molecular weight is 249 g/mol. The molecule has 102 valence electrons. The van der Waals surface area contributed by atoms with Crippen LogP contribution in [-0.4, -0.2) is 37.7 Å². The van der Waals surface area contributed by atoms with Gasteiger partial charge in [0.15, 0.2) is 0 Å². The molecule has 1 aliphatic rings. The Hall–Kier alpha value is -0.860. The summed E-state index contributed by atoms with van der Waals surface area (Å²) in [5.41, 5.74) is 1.21. The topological polar surface area (TPSA) is 12.5 Å². The van der Waals surface area contributed by atoms with Gasteiger partial charge in [-0.1, -0.05) is 36.5 Å². The predicted octanol–water partition coefficient (Wildman–Crippen LogP) is 3.42. The van der Waals surface area contributed by atoms with Gasteiger partial charge in [0.05, 0.1) is 12.7 Å². The Bertz CT molecular complexity index is 298. The van der Waals surface area contributed by atoms with Crippen LogP contribution in [0.2, 0.25) is 0 Å². The van der Waals surface area contributed by atoms with Gasteiger partial charge in [-0.15, -0.1) is 0 Å². The molecule has 0 N–H and O–H groups in total. The average Bonchev–Trinajstić information content (AvgIpc) is 2.36. The SMILES string of the molecule is C=C/C=C(C)\C=C/C(C)OCC1CCN(C)CC1. The molecule has 1 aliphatic heterocycles. The van der Waals surface area contributed by atoms with Gasteiger partial charge < -0.3 is 9.64 Å². The zero-order valence-electron chi connectivity index (χ0n) is 12.1. The van der Waals surface area contributed by atoms with E-state index in [0.29, 0.717) is 0 Å². The molecule has 0 saturated carbocycles. The van der Waals surface area contributed by atoms with Gasteiger partial charge in [0.1, 0.15) is 0 Å². The lowest BCUT2D eigenvalue weighted by molar-refractivity contribution is 0.0468. The lowest BCUT2D eigenvalue weighted by atomic mass is 9.98. The molecule has 1 rings (SSSR count). The molecule has 18 heavy (non-hydrogen) atoms. The van der Waals surface area contributed by atoms with E-state index in [2.05, 4.69) is 44.5 Å². The fourth-order valence-corrected chi connectivity index (χ4v) is 2.10. The Morgan fingerprint density at radius 3 is 2.72 bits per heavy atom. The first-order valence-electron chi connectivity index (χ1n) is 6.89. The van der Waals surface area contributed by atoms with E-state index in [1.807, 2.05) is 12.2 Å². The van der Waals surface area contributed by atoms with Crippen molar-refractivity contribution in [2.75, 3.05) is 26.7 Å². The van der Waals surface area contributed by atoms with Crippen molar-refractivity contribution in [2.45, 2.75) is 32.8 Å². The van der Waals surface area contributed by atoms with Crippen molar-refractivity contribution in [1.82, 2.24) is 4.90 Å². The molecule has 1 atom stereocenters. The van der Waals surface area contributed by atoms with E-state index in [4.69, 9.17) is 4.74 Å². The van der Waals surface area contributed by atoms with Crippen LogP contribution in [0.1, 0.15) is 26.7 Å². The maximum atomic E-state index is 5.89. The summed E-state index contributed by atoms with van der Waals surface area (Å²) in [6.07, 6.45) is 10.7. The summed E-state index contributed by atoms with van der Waals surface area (Å²) in [6, 6.07) is 0. The third kappa shape index (κ3) is 6.18. The summed E-state index contributed by atoms with van der Waals surface area (Å²) in [5.74, 6) is 0.738. The smallest absolute Gasteiger partial charge is 0.0730 e. The maximum Gasteiger partial charge on any atom is 0.0730 e. The normalized spacial score (nSPS) is 21.4. The molecule has 0 aromatic heterocycles. The van der Waals surface area contributed by atoms with Gasteiger partial charge >= 0.3 is 0 Å². The van der Waals surface area contributed by atoms with Crippen LogP contribution < -0.4 is 0 Å². The summed E-state index contributed by atoms with van der Waals surface area (Å²) >= 11 is 0. The molecule has 0 aromatic carbocycles. The zero-order valence-corrected chi connectivity index (χ0v) is 12.1. The number of rotatable bonds is 6. The lowest BCUT2D eigenvalue weighted by Crippen LogP contribution is -2.32. The van der Waals surface area contributed by atoms with Gasteiger partial charge in [0, 0.05) is 0 Å². The van der Waals surface area contributed by atoms with Gasteiger partial charge in [-0.25, -0.2) is 0 Å². The number of likely N-dealkylation sites (tertiary alicyclic amines) is 1. The highest BCUT2D eigenvalue weighted by Crippen LogP contribution is 2.16. The molecule has 1 unspecified atom stereocenters. The molecule has 1 saturated heterocycles. The Morgan fingerprint density at radius 1 is 1.44 bits per heavy atom. The van der Waals surface area contributed by atoms with Crippen LogP contribution in [-0.2, 0) is 4.74 Å². The van der Waals surface area contributed by atoms with Crippen LogP contribution in [0, 0.1) is 5.92 Å². The summed E-state index contributed by atoms with van der Waals surface area (Å²) < 4.78 is 5.89. The number of piperidine rings is 1. The van der Waals surface area contributed by atoms with E-state index >= 15 is 0 Å². The van der Waals surface area contributed by atoms with Crippen LogP contribution in [0.3, 0.4) is 0 Å². The van der Waals surface area contributed by atoms with Gasteiger partial charge in [-0.3, -0.25) is 0 Å². The van der Waals surface area contributed by atoms with Crippen molar-refractivity contribution < 1.29 is 4.74 Å². The first kappa shape index (κ1) is 15.2. The molecule has 0 radical (unpaired) electrons. The maximum absolute atomic E-state index is 5.89. The largest absolute Gasteiger partial charge is 0.374 e. The molecule has 1 heterocycles. The van der Waals surface area contributed by atoms with Crippen molar-refractivity contribution >= 4 is 0 Å². The van der Waals surface area contributed by atoms with E-state index < -0.39 is 0 Å². The second kappa shape index (κ2) is 8.28. The predicted molar refractivity (Wildman–Crippen MR) is 78.7 cm³/mol. The van der Waals surface area contributed by atoms with Crippen molar-refractivity contribution in [2.24, 2.45) is 5.92 Å². The molecule has 2 heteroatoms. The van der Waals surface area contributed by atoms with E-state index in [1.54, 1.807) is 0 Å². The molecule has 0 aliphatic carbocycles. The van der Waals surface area contributed by atoms with Crippen molar-refractivity contribution in [3.63, 3.8) is 0 Å². The van der Waals surface area contributed by atoms with E-state index in [9.17, 15) is 0 Å². The molecule has 0 aromatic rings. The van der Waals surface area contributed by atoms with E-state index in [0.717, 1.165) is 12.5 Å². The first-order chi connectivity index (χ1) is 8.61. The van der Waals surface area contributed by atoms with Crippen LogP contribution in [0.15, 0.2) is 36.5 Å². The monoisotopic (exact) mass is 249 g/mol. The number of hydrogen-bond acceptors (Lipinski definition) is 2. The lowest BCUT2D eigenvalue weighted by Gasteiger charge is -2.29. The highest BCUT2D eigenvalue weighted by molar-refractivity contribution is 5.21. The molecule has 0 amide bonds. The minimum Gasteiger partial charge on any atom is -0.374 e. The number of hydrogen-bond donors (Lipinski definition) is 0. The van der Waals surface area contributed by atoms with Crippen LogP contribution in [0.25, 0.3) is 0 Å². The molecule has 1 fully saturated rings. The van der Waals surface area contributed by atoms with Crippen LogP contribution >= 0.6 is 0 Å². The van der Waals surface area contributed by atoms with E-state index in [1.165, 1.54) is 31.5 Å². The quantitative estimate of drug-likeness (QED) is 0.669. The minimum absolute atomic E-state index is 0.192. The molecule has 0 bridgehead atoms. The van der Waals surface area contributed by atoms with Crippen molar-refractivity contribution in [3.8, 4) is 0 Å². The second-order valence-electron chi connectivity index (χ2n) is 5.29. The summed E-state index contributed by atoms with van der Waals surface area (Å²) in [7, 11) is 2.19. The molecule has 2 nitrogen and oxygen atoms in total. The molecule has 0 spiro atoms. The van der Waals surface area contributed by atoms with Crippen LogP contribution in [0.5, 0.6) is 0 Å². The highest BCUT2D eigenvalue weighted by atomic mass is 16.5. The number of ether oxygens (including phenoxy) is 1. The Morgan fingerprint density at radius 2 is 2.11 bits per heavy atom. The fourth-order valence-electron chi connectivity index (χ4n) is 2.10.